The van der Waals surface area contributed by atoms with Crippen molar-refractivity contribution in [3.05, 3.63) is 27.9 Å². The number of nitrogens with one attached hydrogen (secondary N) is 1. The van der Waals surface area contributed by atoms with E-state index in [1.807, 2.05) is 0 Å². The first-order valence-electron chi connectivity index (χ1n) is 5.15. The second-order valence-corrected chi connectivity index (χ2v) is 3.67. The third kappa shape index (κ3) is 3.10. The highest BCUT2D eigenvalue weighted by Crippen LogP contribution is 2.15. The molecule has 0 aromatic carbocycles. The number of nitrogens with zero attached hydrogens (tertiary/aromatic N) is 2. The monoisotopic (exact) mass is 265 g/mol. The molecule has 19 heavy (non-hydrogen) atoms. The maximum Gasteiger partial charge on any atom is 0.327 e. The van der Waals surface area contributed by atoms with E-state index in [2.05, 4.69) is 11.2 Å². The lowest BCUT2D eigenvalue weighted by Gasteiger charge is -2.10. The van der Waals surface area contributed by atoms with E-state index in [0.717, 1.165) is 10.6 Å². The Labute approximate surface area is 108 Å². The van der Waals surface area contributed by atoms with E-state index in [1.165, 1.54) is 13.1 Å². The van der Waals surface area contributed by atoms with Gasteiger partial charge in [0.25, 0.3) is 5.91 Å². The normalized spacial score (nSPS) is 11.4. The summed E-state index contributed by atoms with van der Waals surface area (Å²) in [5.41, 5.74) is -0.0185. The van der Waals surface area contributed by atoms with Crippen molar-refractivity contribution in [3.63, 3.8) is 0 Å². The zero-order chi connectivity index (χ0) is 14.6. The summed E-state index contributed by atoms with van der Waals surface area (Å²) < 4.78 is 1.06. The third-order valence-electron chi connectivity index (χ3n) is 2.44. The topological polar surface area (TPSA) is 114 Å². The predicted octanol–water partition coefficient (Wildman–Crippen LogP) is 0.140. The molecular weight excluding hydrogens is 254 g/mol. The number of carboxylic acids is 1. The molecule has 0 aliphatic rings. The van der Waals surface area contributed by atoms with Gasteiger partial charge in [0.2, 0.25) is 0 Å². The molecule has 8 nitrogen and oxygen atoms in total. The van der Waals surface area contributed by atoms with Crippen molar-refractivity contribution in [1.82, 2.24) is 9.88 Å². The van der Waals surface area contributed by atoms with Crippen LogP contribution in [0.4, 0.5) is 5.82 Å². The number of amides is 1. The van der Waals surface area contributed by atoms with Crippen LogP contribution in [-0.2, 0) is 11.8 Å². The van der Waals surface area contributed by atoms with E-state index in [0.29, 0.717) is 0 Å². The lowest BCUT2D eigenvalue weighted by Crippen LogP contribution is -2.41. The molecule has 0 bridgehead atoms. The number of aliphatic carboxylic acids is 1. The van der Waals surface area contributed by atoms with Crippen LogP contribution in [0.15, 0.2) is 12.1 Å². The number of carboxylic acid groups (broad SMARTS) is 1. The van der Waals surface area contributed by atoms with Crippen molar-refractivity contribution in [2.75, 3.05) is 0 Å². The molecule has 0 fully saturated rings. The molecule has 100 valence electrons. The summed E-state index contributed by atoms with van der Waals surface area (Å²) in [7, 11) is 1.34. The van der Waals surface area contributed by atoms with Crippen LogP contribution >= 0.6 is 0 Å². The maximum absolute atomic E-state index is 11.8. The number of nitro groups is 1. The molecule has 1 atom stereocenters. The average Bonchev–Trinajstić information content (AvgIpc) is 2.70. The van der Waals surface area contributed by atoms with Gasteiger partial charge in [0, 0.05) is 12.5 Å². The fraction of sp³-hybridized carbons (Fsp3) is 0.273. The van der Waals surface area contributed by atoms with Gasteiger partial charge in [-0.1, -0.05) is 0 Å². The number of hydrogen-bond donors (Lipinski definition) is 2. The highest BCUT2D eigenvalue weighted by Gasteiger charge is 2.25. The number of rotatable bonds is 5. The van der Waals surface area contributed by atoms with Crippen molar-refractivity contribution in [2.45, 2.75) is 12.5 Å². The fourth-order valence-corrected chi connectivity index (χ4v) is 1.46. The van der Waals surface area contributed by atoms with E-state index in [9.17, 15) is 19.7 Å². The summed E-state index contributed by atoms with van der Waals surface area (Å²) in [6, 6.07) is 1.17. The molecule has 0 aliphatic carbocycles. The van der Waals surface area contributed by atoms with Gasteiger partial charge < -0.3 is 20.5 Å². The van der Waals surface area contributed by atoms with Gasteiger partial charge in [0.05, 0.1) is 7.05 Å². The molecule has 0 saturated carbocycles. The van der Waals surface area contributed by atoms with E-state index < -0.39 is 22.8 Å². The molecule has 1 aromatic heterocycles. The lowest BCUT2D eigenvalue weighted by molar-refractivity contribution is -0.391. The van der Waals surface area contributed by atoms with Crippen LogP contribution in [0.1, 0.15) is 16.9 Å². The highest BCUT2D eigenvalue weighted by atomic mass is 16.6. The molecule has 1 aromatic rings. The molecule has 1 heterocycles. The van der Waals surface area contributed by atoms with Crippen LogP contribution in [-0.4, -0.2) is 32.5 Å². The van der Waals surface area contributed by atoms with Crippen LogP contribution in [0.5, 0.6) is 0 Å². The van der Waals surface area contributed by atoms with E-state index in [4.69, 9.17) is 11.5 Å². The van der Waals surface area contributed by atoms with Crippen LogP contribution in [0.2, 0.25) is 0 Å². The van der Waals surface area contributed by atoms with Gasteiger partial charge >= 0.3 is 11.8 Å². The van der Waals surface area contributed by atoms with E-state index in [-0.39, 0.29) is 17.9 Å². The third-order valence-corrected chi connectivity index (χ3v) is 2.44. The Hall–Kier alpha value is -2.82. The largest absolute Gasteiger partial charge is 0.480 e. The van der Waals surface area contributed by atoms with Crippen molar-refractivity contribution < 1.29 is 19.6 Å². The molecule has 2 N–H and O–H groups in total. The molecule has 1 rings (SSSR count). The second kappa shape index (κ2) is 5.68. The van der Waals surface area contributed by atoms with Crippen molar-refractivity contribution >= 4 is 17.7 Å². The maximum atomic E-state index is 11.8. The first kappa shape index (κ1) is 14.2. The zero-order valence-corrected chi connectivity index (χ0v) is 9.99. The molecule has 0 saturated heterocycles. The smallest absolute Gasteiger partial charge is 0.327 e. The van der Waals surface area contributed by atoms with Gasteiger partial charge in [-0.25, -0.2) is 9.36 Å². The molecule has 1 unspecified atom stereocenters. The number of carbonyl (C=O) groups is 2. The summed E-state index contributed by atoms with van der Waals surface area (Å²) in [4.78, 5) is 32.6. The minimum atomic E-state index is -1.27. The van der Waals surface area contributed by atoms with Crippen molar-refractivity contribution in [1.29, 1.82) is 0 Å². The summed E-state index contributed by atoms with van der Waals surface area (Å²) >= 11 is 0. The van der Waals surface area contributed by atoms with E-state index in [1.54, 1.807) is 0 Å². The molecule has 8 heteroatoms. The van der Waals surface area contributed by atoms with Crippen LogP contribution in [0.25, 0.3) is 0 Å². The van der Waals surface area contributed by atoms with E-state index >= 15 is 0 Å². The Bertz CT molecular complexity index is 569. The van der Waals surface area contributed by atoms with Gasteiger partial charge in [-0.3, -0.25) is 4.79 Å². The summed E-state index contributed by atoms with van der Waals surface area (Å²) in [6.07, 6.45) is 4.82. The Balaban J connectivity index is 2.92. The zero-order valence-electron chi connectivity index (χ0n) is 9.99. The summed E-state index contributed by atoms with van der Waals surface area (Å²) in [6.45, 7) is 0. The Morgan fingerprint density at radius 3 is 2.68 bits per heavy atom. The first-order chi connectivity index (χ1) is 8.88. The van der Waals surface area contributed by atoms with Gasteiger partial charge in [-0.15, -0.1) is 12.3 Å². The number of aromatic nitrogens is 1. The van der Waals surface area contributed by atoms with Crippen molar-refractivity contribution in [3.8, 4) is 12.3 Å². The van der Waals surface area contributed by atoms with Crippen LogP contribution in [0, 0.1) is 22.5 Å². The highest BCUT2D eigenvalue weighted by molar-refractivity contribution is 5.95. The summed E-state index contributed by atoms with van der Waals surface area (Å²) in [5, 5.41) is 21.7. The standard InChI is InChI=1S/C11H11N3O5/c1-3-4-7(11(16)17)12-10(15)8-5-6-9(13(8)2)14(18)19/h1,5-7H,4H2,2H3,(H,12,15)(H,16,17). The van der Waals surface area contributed by atoms with Crippen molar-refractivity contribution in [2.24, 2.45) is 7.05 Å². The Morgan fingerprint density at radius 2 is 2.26 bits per heavy atom. The molecule has 0 spiro atoms. The molecular formula is C11H11N3O5. The SMILES string of the molecule is C#CCC(NC(=O)c1ccc([N+](=O)[O-])n1C)C(=O)O. The molecule has 1 amide bonds. The Kier molecular flexibility index (Phi) is 4.26. The first-order valence-corrected chi connectivity index (χ1v) is 5.15. The predicted molar refractivity (Wildman–Crippen MR) is 64.4 cm³/mol. The fourth-order valence-electron chi connectivity index (χ4n) is 1.46. The minimum Gasteiger partial charge on any atom is -0.480 e. The number of carbonyl (C=O) groups excluding carboxylic acids is 1. The van der Waals surface area contributed by atoms with Crippen LogP contribution < -0.4 is 5.32 Å². The number of hydrogen-bond acceptors (Lipinski definition) is 4. The molecule has 0 radical (unpaired) electrons. The lowest BCUT2D eigenvalue weighted by atomic mass is 10.2. The quantitative estimate of drug-likeness (QED) is 0.446. The number of terminal acetylenes is 1. The molecule has 0 aliphatic heterocycles. The minimum absolute atomic E-state index is 0.0185. The summed E-state index contributed by atoms with van der Waals surface area (Å²) in [5.74, 6) is -0.142. The van der Waals surface area contributed by atoms with Crippen LogP contribution in [0.3, 0.4) is 0 Å². The van der Waals surface area contributed by atoms with Gasteiger partial charge in [0.1, 0.15) is 6.04 Å². The second-order valence-electron chi connectivity index (χ2n) is 3.67. The van der Waals surface area contributed by atoms with Gasteiger partial charge in [-0.2, -0.15) is 0 Å². The van der Waals surface area contributed by atoms with Gasteiger partial charge in [-0.05, 0) is 11.0 Å². The van der Waals surface area contributed by atoms with Gasteiger partial charge in [0.15, 0.2) is 5.69 Å². The Morgan fingerprint density at radius 1 is 1.63 bits per heavy atom. The average molecular weight is 265 g/mol.